The van der Waals surface area contributed by atoms with Gasteiger partial charge in [-0.3, -0.25) is 24.7 Å². The first kappa shape index (κ1) is 22.7. The van der Waals surface area contributed by atoms with E-state index < -0.39 is 6.03 Å². The summed E-state index contributed by atoms with van der Waals surface area (Å²) in [7, 11) is 0. The van der Waals surface area contributed by atoms with Crippen molar-refractivity contribution in [3.63, 3.8) is 0 Å². The minimum atomic E-state index is -0.448. The summed E-state index contributed by atoms with van der Waals surface area (Å²) in [5.74, 6) is -0.0806. The van der Waals surface area contributed by atoms with Crippen molar-refractivity contribution in [3.05, 3.63) is 22.4 Å². The monoisotopic (exact) mass is 435 g/mol. The maximum absolute atomic E-state index is 12.6. The molecule has 3 heterocycles. The summed E-state index contributed by atoms with van der Waals surface area (Å²) in [6.07, 6.45) is 4.16. The van der Waals surface area contributed by atoms with Gasteiger partial charge in [0.2, 0.25) is 11.8 Å². The molecule has 166 valence electrons. The Kier molecular flexibility index (Phi) is 8.65. The van der Waals surface area contributed by atoms with E-state index in [1.54, 1.807) is 11.3 Å². The summed E-state index contributed by atoms with van der Waals surface area (Å²) < 4.78 is 0. The van der Waals surface area contributed by atoms with Crippen LogP contribution in [0.15, 0.2) is 17.5 Å². The molecule has 30 heavy (non-hydrogen) atoms. The number of hydrogen-bond acceptors (Lipinski definition) is 6. The summed E-state index contributed by atoms with van der Waals surface area (Å²) in [4.78, 5) is 44.0. The second kappa shape index (κ2) is 11.4. The number of carbonyl (C=O) groups is 3. The Labute approximate surface area is 182 Å². The fraction of sp³-hybridized carbons (Fsp3) is 0.667. The second-order valence-corrected chi connectivity index (χ2v) is 9.15. The van der Waals surface area contributed by atoms with Crippen LogP contribution in [0.3, 0.4) is 0 Å². The summed E-state index contributed by atoms with van der Waals surface area (Å²) in [5, 5.41) is 7.12. The van der Waals surface area contributed by atoms with Crippen molar-refractivity contribution in [2.75, 3.05) is 52.4 Å². The van der Waals surface area contributed by atoms with Gasteiger partial charge in [0.05, 0.1) is 13.1 Å². The molecule has 0 aromatic carbocycles. The van der Waals surface area contributed by atoms with Gasteiger partial charge in [0.15, 0.2) is 0 Å². The molecule has 2 fully saturated rings. The lowest BCUT2D eigenvalue weighted by molar-refractivity contribution is -0.136. The van der Waals surface area contributed by atoms with Crippen LogP contribution in [0, 0.1) is 0 Å². The van der Waals surface area contributed by atoms with Crippen LogP contribution >= 0.6 is 11.3 Å². The zero-order chi connectivity index (χ0) is 21.3. The summed E-state index contributed by atoms with van der Waals surface area (Å²) in [5.41, 5.74) is 0. The zero-order valence-electron chi connectivity index (χ0n) is 17.8. The fourth-order valence-electron chi connectivity index (χ4n) is 4.02. The molecule has 2 N–H and O–H groups in total. The summed E-state index contributed by atoms with van der Waals surface area (Å²) in [6.45, 7) is 7.11. The van der Waals surface area contributed by atoms with E-state index in [0.717, 1.165) is 52.0 Å². The molecular formula is C21H33N5O3S. The lowest BCUT2D eigenvalue weighted by atomic mass is 10.0. The third-order valence-corrected chi connectivity index (χ3v) is 6.74. The Bertz CT molecular complexity index is 704. The number of imide groups is 1. The molecule has 9 heteroatoms. The van der Waals surface area contributed by atoms with Crippen LogP contribution in [-0.4, -0.2) is 90.9 Å². The molecule has 8 nitrogen and oxygen atoms in total. The van der Waals surface area contributed by atoms with Gasteiger partial charge in [-0.1, -0.05) is 6.07 Å². The van der Waals surface area contributed by atoms with Crippen molar-refractivity contribution in [1.29, 1.82) is 0 Å². The van der Waals surface area contributed by atoms with Crippen LogP contribution in [0.4, 0.5) is 4.79 Å². The largest absolute Gasteiger partial charge is 0.339 e. The Hall–Kier alpha value is -1.97. The SMILES string of the molecule is CC1CCCCN1C(=O)CN1CCN(CC(=O)NC(=O)NCCc2cccs2)CC1. The number of nitrogens with one attached hydrogen (secondary N) is 2. The van der Waals surface area contributed by atoms with Gasteiger partial charge >= 0.3 is 6.03 Å². The Balaban J connectivity index is 1.29. The van der Waals surface area contributed by atoms with Crippen molar-refractivity contribution in [2.24, 2.45) is 0 Å². The van der Waals surface area contributed by atoms with E-state index >= 15 is 0 Å². The normalized spacial score (nSPS) is 20.7. The quantitative estimate of drug-likeness (QED) is 0.671. The molecule has 1 atom stereocenters. The summed E-state index contributed by atoms with van der Waals surface area (Å²) >= 11 is 1.65. The highest BCUT2D eigenvalue weighted by Crippen LogP contribution is 2.17. The molecule has 4 amide bonds. The van der Waals surface area contributed by atoms with E-state index in [0.29, 0.717) is 19.1 Å². The molecule has 0 saturated carbocycles. The molecular weight excluding hydrogens is 402 g/mol. The number of urea groups is 1. The van der Waals surface area contributed by atoms with Crippen molar-refractivity contribution in [2.45, 2.75) is 38.6 Å². The van der Waals surface area contributed by atoms with E-state index in [1.165, 1.54) is 11.3 Å². The van der Waals surface area contributed by atoms with Gasteiger partial charge in [-0.2, -0.15) is 0 Å². The molecule has 0 radical (unpaired) electrons. The average molecular weight is 436 g/mol. The molecule has 1 aromatic rings. The number of piperazine rings is 1. The van der Waals surface area contributed by atoms with Crippen molar-refractivity contribution >= 4 is 29.2 Å². The fourth-order valence-corrected chi connectivity index (χ4v) is 4.73. The number of amides is 4. The van der Waals surface area contributed by atoms with Gasteiger partial charge in [-0.25, -0.2) is 4.79 Å². The van der Waals surface area contributed by atoms with E-state index in [9.17, 15) is 14.4 Å². The molecule has 2 aliphatic rings. The Morgan fingerprint density at radius 2 is 1.80 bits per heavy atom. The second-order valence-electron chi connectivity index (χ2n) is 8.12. The minimum Gasteiger partial charge on any atom is -0.339 e. The third-order valence-electron chi connectivity index (χ3n) is 5.80. The molecule has 2 aliphatic heterocycles. The van der Waals surface area contributed by atoms with E-state index in [4.69, 9.17) is 0 Å². The van der Waals surface area contributed by atoms with Gasteiger partial charge in [0, 0.05) is 50.2 Å². The number of piperidine rings is 1. The van der Waals surface area contributed by atoms with Gasteiger partial charge in [0.25, 0.3) is 0 Å². The minimum absolute atomic E-state index is 0.198. The standard InChI is InChI=1S/C21H33N5O3S/c1-17-5-2-3-9-26(17)20(28)16-25-12-10-24(11-13-25)15-19(27)23-21(29)22-8-7-18-6-4-14-30-18/h4,6,14,17H,2-3,5,7-13,15-16H2,1H3,(H2,22,23,27,29). The summed E-state index contributed by atoms with van der Waals surface area (Å²) in [6, 6.07) is 3.90. The van der Waals surface area contributed by atoms with Crippen molar-refractivity contribution in [1.82, 2.24) is 25.3 Å². The van der Waals surface area contributed by atoms with Crippen LogP contribution in [0.1, 0.15) is 31.1 Å². The maximum atomic E-state index is 12.6. The number of carbonyl (C=O) groups excluding carboxylic acids is 3. The van der Waals surface area contributed by atoms with Crippen LogP contribution in [0.25, 0.3) is 0 Å². The zero-order valence-corrected chi connectivity index (χ0v) is 18.6. The number of likely N-dealkylation sites (tertiary alicyclic amines) is 1. The molecule has 2 saturated heterocycles. The lowest BCUT2D eigenvalue weighted by Gasteiger charge is -2.37. The third kappa shape index (κ3) is 7.07. The lowest BCUT2D eigenvalue weighted by Crippen LogP contribution is -2.54. The highest BCUT2D eigenvalue weighted by molar-refractivity contribution is 7.09. The molecule has 1 unspecified atom stereocenters. The van der Waals surface area contributed by atoms with E-state index in [-0.39, 0.29) is 18.4 Å². The first-order valence-electron chi connectivity index (χ1n) is 10.9. The number of nitrogens with zero attached hydrogens (tertiary/aromatic N) is 3. The average Bonchev–Trinajstić information content (AvgIpc) is 3.23. The van der Waals surface area contributed by atoms with E-state index in [2.05, 4.69) is 22.5 Å². The van der Waals surface area contributed by atoms with Crippen LogP contribution in [0.5, 0.6) is 0 Å². The predicted octanol–water partition coefficient (Wildman–Crippen LogP) is 1.14. The number of hydrogen-bond donors (Lipinski definition) is 2. The van der Waals surface area contributed by atoms with Gasteiger partial charge in [0.1, 0.15) is 0 Å². The topological polar surface area (TPSA) is 85.0 Å². The van der Waals surface area contributed by atoms with Crippen LogP contribution < -0.4 is 10.6 Å². The van der Waals surface area contributed by atoms with Crippen LogP contribution in [-0.2, 0) is 16.0 Å². The molecule has 0 aliphatic carbocycles. The molecule has 3 rings (SSSR count). The number of rotatable bonds is 7. The van der Waals surface area contributed by atoms with Gasteiger partial charge in [-0.05, 0) is 44.1 Å². The first-order valence-corrected chi connectivity index (χ1v) is 11.7. The molecule has 0 spiro atoms. The van der Waals surface area contributed by atoms with Gasteiger partial charge in [-0.15, -0.1) is 11.3 Å². The molecule has 1 aromatic heterocycles. The molecule has 0 bridgehead atoms. The predicted molar refractivity (Wildman–Crippen MR) is 117 cm³/mol. The highest BCUT2D eigenvalue weighted by atomic mass is 32.1. The Morgan fingerprint density at radius 1 is 1.07 bits per heavy atom. The van der Waals surface area contributed by atoms with Crippen molar-refractivity contribution < 1.29 is 14.4 Å². The smallest absolute Gasteiger partial charge is 0.321 e. The van der Waals surface area contributed by atoms with Crippen molar-refractivity contribution in [3.8, 4) is 0 Å². The van der Waals surface area contributed by atoms with Crippen LogP contribution in [0.2, 0.25) is 0 Å². The van der Waals surface area contributed by atoms with Gasteiger partial charge < -0.3 is 10.2 Å². The van der Waals surface area contributed by atoms with E-state index in [1.807, 2.05) is 27.3 Å². The highest BCUT2D eigenvalue weighted by Gasteiger charge is 2.26. The maximum Gasteiger partial charge on any atom is 0.321 e. The number of thiophene rings is 1. The Morgan fingerprint density at radius 3 is 2.47 bits per heavy atom. The first-order chi connectivity index (χ1) is 14.5.